The molecule has 0 saturated carbocycles. The Morgan fingerprint density at radius 2 is 1.74 bits per heavy atom. The van der Waals surface area contributed by atoms with Crippen molar-refractivity contribution in [3.63, 3.8) is 0 Å². The van der Waals surface area contributed by atoms with Gasteiger partial charge in [0.2, 0.25) is 11.8 Å². The first-order valence-electron chi connectivity index (χ1n) is 10.3. The fourth-order valence-electron chi connectivity index (χ4n) is 2.99. The Morgan fingerprint density at radius 1 is 1.13 bits per heavy atom. The number of amides is 3. The van der Waals surface area contributed by atoms with Gasteiger partial charge in [0.05, 0.1) is 0 Å². The molecule has 0 aromatic heterocycles. The number of thiol groups is 1. The molecule has 174 valence electrons. The van der Waals surface area contributed by atoms with Crippen LogP contribution in [0.1, 0.15) is 60.1 Å². The van der Waals surface area contributed by atoms with Crippen molar-refractivity contribution in [2.24, 2.45) is 0 Å². The average molecular weight is 454 g/mol. The van der Waals surface area contributed by atoms with Gasteiger partial charge in [0.25, 0.3) is 0 Å². The number of ether oxygens (including phenoxy) is 1. The lowest BCUT2D eigenvalue weighted by atomic mass is 10.0. The van der Waals surface area contributed by atoms with E-state index in [2.05, 4.69) is 23.3 Å². The first-order chi connectivity index (χ1) is 14.3. The molecule has 1 aromatic carbocycles. The number of rotatable bonds is 8. The first-order valence-corrected chi connectivity index (χ1v) is 10.9. The van der Waals surface area contributed by atoms with Gasteiger partial charge in [-0.15, -0.1) is 0 Å². The molecule has 2 unspecified atom stereocenters. The van der Waals surface area contributed by atoms with Gasteiger partial charge < -0.3 is 25.4 Å². The second-order valence-electron chi connectivity index (χ2n) is 8.88. The zero-order valence-corrected chi connectivity index (χ0v) is 20.2. The topological polar surface area (TPSA) is 108 Å². The summed E-state index contributed by atoms with van der Waals surface area (Å²) in [7, 11) is 0. The molecule has 1 rings (SSSR count). The maximum Gasteiger partial charge on any atom is 0.408 e. The minimum atomic E-state index is -1.01. The Bertz CT molecular complexity index is 777. The van der Waals surface area contributed by atoms with Crippen LogP contribution in [0.15, 0.2) is 24.3 Å². The van der Waals surface area contributed by atoms with Crippen LogP contribution < -0.4 is 10.6 Å². The van der Waals surface area contributed by atoms with Crippen LogP contribution in [-0.4, -0.2) is 57.4 Å². The molecule has 0 aliphatic heterocycles. The van der Waals surface area contributed by atoms with Crippen molar-refractivity contribution < 1.29 is 24.2 Å². The monoisotopic (exact) mass is 453 g/mol. The number of hydrogen-bond donors (Lipinski definition) is 4. The van der Waals surface area contributed by atoms with E-state index in [4.69, 9.17) is 4.74 Å². The number of phenolic OH excluding ortho intramolecular Hbond substituents is 1. The smallest absolute Gasteiger partial charge is 0.408 e. The van der Waals surface area contributed by atoms with Crippen LogP contribution in [0.5, 0.6) is 5.75 Å². The van der Waals surface area contributed by atoms with Crippen molar-refractivity contribution in [2.75, 3.05) is 5.75 Å². The first kappa shape index (κ1) is 26.6. The summed E-state index contributed by atoms with van der Waals surface area (Å²) in [5.41, 5.74) is -0.275. The van der Waals surface area contributed by atoms with Gasteiger partial charge in [0, 0.05) is 17.8 Å². The highest BCUT2D eigenvalue weighted by Crippen LogP contribution is 2.27. The second-order valence-corrected chi connectivity index (χ2v) is 9.25. The highest BCUT2D eigenvalue weighted by molar-refractivity contribution is 7.80. The summed E-state index contributed by atoms with van der Waals surface area (Å²) in [6.45, 7) is 12.4. The minimum Gasteiger partial charge on any atom is -0.508 e. The van der Waals surface area contributed by atoms with Crippen LogP contribution in [0.25, 0.3) is 0 Å². The van der Waals surface area contributed by atoms with E-state index in [1.807, 2.05) is 13.8 Å². The van der Waals surface area contributed by atoms with Gasteiger partial charge in [-0.05, 0) is 66.2 Å². The molecule has 0 spiro atoms. The SMILES string of the molecule is CC(C)NC(=O)C(c1cccc(O)c1)N(C(=O)C(CS)NC(=O)OC(C)(C)C)C(C)C. The third-order valence-corrected chi connectivity index (χ3v) is 4.49. The van der Waals surface area contributed by atoms with Gasteiger partial charge in [-0.2, -0.15) is 12.6 Å². The van der Waals surface area contributed by atoms with Crippen LogP contribution in [0.3, 0.4) is 0 Å². The molecule has 2 atom stereocenters. The van der Waals surface area contributed by atoms with E-state index in [0.717, 1.165) is 0 Å². The van der Waals surface area contributed by atoms with Crippen molar-refractivity contribution in [3.8, 4) is 5.75 Å². The molecule has 0 bridgehead atoms. The van der Waals surface area contributed by atoms with E-state index in [0.29, 0.717) is 5.56 Å². The quantitative estimate of drug-likeness (QED) is 0.453. The fraction of sp³-hybridized carbons (Fsp3) is 0.591. The predicted octanol–water partition coefficient (Wildman–Crippen LogP) is 3.02. The molecule has 0 saturated heterocycles. The molecule has 0 heterocycles. The van der Waals surface area contributed by atoms with Crippen molar-refractivity contribution in [3.05, 3.63) is 29.8 Å². The van der Waals surface area contributed by atoms with Gasteiger partial charge in [0.15, 0.2) is 0 Å². The van der Waals surface area contributed by atoms with Crippen LogP contribution in [-0.2, 0) is 14.3 Å². The highest BCUT2D eigenvalue weighted by atomic mass is 32.1. The lowest BCUT2D eigenvalue weighted by Crippen LogP contribution is -2.56. The van der Waals surface area contributed by atoms with E-state index < -0.39 is 35.6 Å². The summed E-state index contributed by atoms with van der Waals surface area (Å²) in [4.78, 5) is 40.2. The molecule has 3 amide bonds. The number of carbonyl (C=O) groups excluding carboxylic acids is 3. The van der Waals surface area contributed by atoms with E-state index in [-0.39, 0.29) is 23.6 Å². The minimum absolute atomic E-state index is 0.0137. The third-order valence-electron chi connectivity index (χ3n) is 4.13. The van der Waals surface area contributed by atoms with E-state index in [1.165, 1.54) is 17.0 Å². The molecule has 0 aliphatic carbocycles. The summed E-state index contributed by atoms with van der Waals surface area (Å²) >= 11 is 4.23. The normalized spacial score (nSPS) is 13.5. The Balaban J connectivity index is 3.33. The van der Waals surface area contributed by atoms with Crippen molar-refractivity contribution in [1.82, 2.24) is 15.5 Å². The summed E-state index contributed by atoms with van der Waals surface area (Å²) in [6, 6.07) is 3.66. The zero-order chi connectivity index (χ0) is 23.9. The lowest BCUT2D eigenvalue weighted by Gasteiger charge is -2.37. The number of phenols is 1. The van der Waals surface area contributed by atoms with Gasteiger partial charge in [0.1, 0.15) is 23.4 Å². The van der Waals surface area contributed by atoms with E-state index in [1.54, 1.807) is 46.8 Å². The van der Waals surface area contributed by atoms with Crippen LogP contribution in [0.2, 0.25) is 0 Å². The highest BCUT2D eigenvalue weighted by Gasteiger charge is 2.37. The Hall–Kier alpha value is -2.42. The number of carbonyl (C=O) groups is 3. The van der Waals surface area contributed by atoms with Crippen LogP contribution in [0, 0.1) is 0 Å². The Kier molecular flexibility index (Phi) is 9.68. The molecule has 3 N–H and O–H groups in total. The predicted molar refractivity (Wildman–Crippen MR) is 123 cm³/mol. The molecular weight excluding hydrogens is 418 g/mol. The molecular formula is C22H35N3O5S. The number of aromatic hydroxyl groups is 1. The van der Waals surface area contributed by atoms with Gasteiger partial charge in [-0.25, -0.2) is 4.79 Å². The summed E-state index contributed by atoms with van der Waals surface area (Å²) in [5.74, 6) is -0.880. The molecule has 1 aromatic rings. The van der Waals surface area contributed by atoms with Crippen molar-refractivity contribution in [2.45, 2.75) is 78.2 Å². The molecule has 8 nitrogen and oxygen atoms in total. The molecule has 0 radical (unpaired) electrons. The van der Waals surface area contributed by atoms with Gasteiger partial charge in [-0.3, -0.25) is 9.59 Å². The van der Waals surface area contributed by atoms with E-state index in [9.17, 15) is 19.5 Å². The third kappa shape index (κ3) is 8.32. The largest absolute Gasteiger partial charge is 0.508 e. The number of alkyl carbamates (subject to hydrolysis) is 1. The molecule has 31 heavy (non-hydrogen) atoms. The number of benzene rings is 1. The molecule has 9 heteroatoms. The molecule has 0 fully saturated rings. The standard InChI is InChI=1S/C22H35N3O5S/c1-13(2)23-19(27)18(15-9-8-10-16(26)11-15)25(14(3)4)20(28)17(12-31)24-21(29)30-22(5,6)7/h8-11,13-14,17-18,26,31H,12H2,1-7H3,(H,23,27)(H,24,29). The van der Waals surface area contributed by atoms with Crippen molar-refractivity contribution in [1.29, 1.82) is 0 Å². The lowest BCUT2D eigenvalue weighted by molar-refractivity contribution is -0.144. The number of hydrogen-bond acceptors (Lipinski definition) is 6. The van der Waals surface area contributed by atoms with Gasteiger partial charge in [-0.1, -0.05) is 12.1 Å². The van der Waals surface area contributed by atoms with Crippen LogP contribution >= 0.6 is 12.6 Å². The van der Waals surface area contributed by atoms with E-state index >= 15 is 0 Å². The maximum atomic E-state index is 13.5. The van der Waals surface area contributed by atoms with Gasteiger partial charge >= 0.3 is 6.09 Å². The summed E-state index contributed by atoms with van der Waals surface area (Å²) < 4.78 is 5.25. The number of nitrogens with zero attached hydrogens (tertiary/aromatic N) is 1. The summed E-state index contributed by atoms with van der Waals surface area (Å²) in [5, 5.41) is 15.3. The Morgan fingerprint density at radius 3 is 2.19 bits per heavy atom. The fourth-order valence-corrected chi connectivity index (χ4v) is 3.24. The zero-order valence-electron chi connectivity index (χ0n) is 19.3. The molecule has 0 aliphatic rings. The average Bonchev–Trinajstić information content (AvgIpc) is 2.60. The summed E-state index contributed by atoms with van der Waals surface area (Å²) in [6.07, 6.45) is -0.746. The maximum absolute atomic E-state index is 13.5. The van der Waals surface area contributed by atoms with Crippen LogP contribution in [0.4, 0.5) is 4.79 Å². The second kappa shape index (κ2) is 11.3. The van der Waals surface area contributed by atoms with Crippen molar-refractivity contribution >= 4 is 30.5 Å². The Labute approximate surface area is 190 Å². The number of nitrogens with one attached hydrogen (secondary N) is 2.